The minimum Gasteiger partial charge on any atom is -0.478 e. The maximum absolute atomic E-state index is 13.9. The van der Waals surface area contributed by atoms with Crippen LogP contribution in [0.2, 0.25) is 0 Å². The molecule has 1 heterocycles. The maximum atomic E-state index is 13.9. The molecule has 5 nitrogen and oxygen atoms in total. The number of nitrogens with zero attached hydrogens (tertiary/aromatic N) is 1. The van der Waals surface area contributed by atoms with Gasteiger partial charge >= 0.3 is 5.97 Å². The highest BCUT2D eigenvalue weighted by Crippen LogP contribution is 2.31. The van der Waals surface area contributed by atoms with Gasteiger partial charge in [0.05, 0.1) is 22.7 Å². The van der Waals surface area contributed by atoms with Crippen LogP contribution >= 0.6 is 0 Å². The van der Waals surface area contributed by atoms with Gasteiger partial charge in [-0.15, -0.1) is 0 Å². The molecule has 1 atom stereocenters. The van der Waals surface area contributed by atoms with Gasteiger partial charge in [-0.3, -0.25) is 4.79 Å². The molecule has 44 heavy (non-hydrogen) atoms. The SMILES string of the molecule is C[C@H](NC(=O)c1cc(-c2ccc(F)cc2)cc2ccn(Cc3ccc(-c4ccc(F)cc4)cc3)c12)c1ccc(C(=O)O)cc1. The van der Waals surface area contributed by atoms with Crippen molar-refractivity contribution in [2.75, 3.05) is 0 Å². The molecule has 0 fully saturated rings. The second kappa shape index (κ2) is 12.0. The van der Waals surface area contributed by atoms with Gasteiger partial charge in [0.15, 0.2) is 0 Å². The average molecular weight is 587 g/mol. The largest absolute Gasteiger partial charge is 0.478 e. The highest BCUT2D eigenvalue weighted by Gasteiger charge is 2.19. The average Bonchev–Trinajstić information content (AvgIpc) is 3.44. The quantitative estimate of drug-likeness (QED) is 0.188. The number of hydrogen-bond donors (Lipinski definition) is 2. The van der Waals surface area contributed by atoms with E-state index in [4.69, 9.17) is 0 Å². The van der Waals surface area contributed by atoms with Crippen molar-refractivity contribution in [1.29, 1.82) is 0 Å². The Morgan fingerprint density at radius 2 is 1.27 bits per heavy atom. The lowest BCUT2D eigenvalue weighted by Crippen LogP contribution is -2.27. The third kappa shape index (κ3) is 5.99. The number of amides is 1. The summed E-state index contributed by atoms with van der Waals surface area (Å²) in [5.41, 5.74) is 6.63. The van der Waals surface area contributed by atoms with Gasteiger partial charge in [-0.25, -0.2) is 13.6 Å². The first-order valence-corrected chi connectivity index (χ1v) is 14.1. The minimum atomic E-state index is -1.01. The molecule has 5 aromatic carbocycles. The van der Waals surface area contributed by atoms with Crippen molar-refractivity contribution in [3.8, 4) is 22.3 Å². The van der Waals surface area contributed by atoms with Crippen LogP contribution in [-0.2, 0) is 6.54 Å². The molecule has 2 N–H and O–H groups in total. The highest BCUT2D eigenvalue weighted by atomic mass is 19.1. The first-order valence-electron chi connectivity index (χ1n) is 14.1. The van der Waals surface area contributed by atoms with E-state index < -0.39 is 12.0 Å². The van der Waals surface area contributed by atoms with Crippen molar-refractivity contribution in [3.63, 3.8) is 0 Å². The number of rotatable bonds is 8. The molecule has 0 saturated heterocycles. The Hall–Kier alpha value is -5.56. The summed E-state index contributed by atoms with van der Waals surface area (Å²) in [6.07, 6.45) is 1.94. The second-order valence-electron chi connectivity index (χ2n) is 10.7. The Kier molecular flexibility index (Phi) is 7.77. The molecule has 0 unspecified atom stereocenters. The molecule has 1 amide bonds. The lowest BCUT2D eigenvalue weighted by Gasteiger charge is -2.17. The number of fused-ring (bicyclic) bond motifs is 1. The zero-order valence-corrected chi connectivity index (χ0v) is 23.8. The first-order chi connectivity index (χ1) is 21.2. The summed E-state index contributed by atoms with van der Waals surface area (Å²) in [6.45, 7) is 2.35. The number of carboxylic acid groups (broad SMARTS) is 1. The van der Waals surface area contributed by atoms with E-state index in [0.29, 0.717) is 12.1 Å². The fraction of sp³-hybridized carbons (Fsp3) is 0.0811. The number of benzene rings is 5. The van der Waals surface area contributed by atoms with E-state index in [1.54, 1.807) is 36.4 Å². The van der Waals surface area contributed by atoms with E-state index >= 15 is 0 Å². The van der Waals surface area contributed by atoms with Crippen molar-refractivity contribution in [3.05, 3.63) is 155 Å². The lowest BCUT2D eigenvalue weighted by atomic mass is 9.99. The fourth-order valence-corrected chi connectivity index (χ4v) is 5.38. The van der Waals surface area contributed by atoms with Gasteiger partial charge in [0.2, 0.25) is 0 Å². The van der Waals surface area contributed by atoms with Crippen molar-refractivity contribution in [2.24, 2.45) is 0 Å². The van der Waals surface area contributed by atoms with Crippen LogP contribution in [0.3, 0.4) is 0 Å². The normalized spacial score (nSPS) is 11.8. The maximum Gasteiger partial charge on any atom is 0.335 e. The van der Waals surface area contributed by atoms with Gasteiger partial charge in [0.25, 0.3) is 5.91 Å². The van der Waals surface area contributed by atoms with Crippen LogP contribution < -0.4 is 5.32 Å². The Labute approximate surface area is 253 Å². The fourth-order valence-electron chi connectivity index (χ4n) is 5.38. The summed E-state index contributed by atoms with van der Waals surface area (Å²) in [7, 11) is 0. The van der Waals surface area contributed by atoms with Crippen LogP contribution in [0.4, 0.5) is 8.78 Å². The Bertz CT molecular complexity index is 1960. The van der Waals surface area contributed by atoms with Crippen LogP contribution in [-0.4, -0.2) is 21.6 Å². The number of halogens is 2. The van der Waals surface area contributed by atoms with E-state index in [-0.39, 0.29) is 23.1 Å². The number of carbonyl (C=O) groups excluding carboxylic acids is 1. The molecule has 1 aromatic heterocycles. The van der Waals surface area contributed by atoms with Crippen LogP contribution in [0.15, 0.2) is 121 Å². The van der Waals surface area contributed by atoms with Crippen LogP contribution in [0.5, 0.6) is 0 Å². The van der Waals surface area contributed by atoms with Gasteiger partial charge in [-0.2, -0.15) is 0 Å². The summed E-state index contributed by atoms with van der Waals surface area (Å²) in [5.74, 6) is -1.93. The van der Waals surface area contributed by atoms with Crippen LogP contribution in [0.1, 0.15) is 44.8 Å². The van der Waals surface area contributed by atoms with Gasteiger partial charge in [0, 0.05) is 18.1 Å². The molecule has 218 valence electrons. The zero-order chi connectivity index (χ0) is 30.8. The highest BCUT2D eigenvalue weighted by molar-refractivity contribution is 6.08. The molecule has 7 heteroatoms. The third-order valence-corrected chi connectivity index (χ3v) is 7.77. The molecule has 6 aromatic rings. The number of carbonyl (C=O) groups is 2. The smallest absolute Gasteiger partial charge is 0.335 e. The molecule has 0 aliphatic carbocycles. The molecule has 0 saturated carbocycles. The summed E-state index contributed by atoms with van der Waals surface area (Å²) >= 11 is 0. The molecular formula is C37H28F2N2O3. The Morgan fingerprint density at radius 3 is 1.84 bits per heavy atom. The summed E-state index contributed by atoms with van der Waals surface area (Å²) in [6, 6.07) is 32.3. The lowest BCUT2D eigenvalue weighted by molar-refractivity contribution is 0.0696. The van der Waals surface area contributed by atoms with Crippen LogP contribution in [0.25, 0.3) is 33.2 Å². The van der Waals surface area contributed by atoms with Gasteiger partial charge in [-0.05, 0) is 94.9 Å². The van der Waals surface area contributed by atoms with E-state index in [2.05, 4.69) is 5.32 Å². The Morgan fingerprint density at radius 1 is 0.727 bits per heavy atom. The van der Waals surface area contributed by atoms with Gasteiger partial charge < -0.3 is 15.0 Å². The summed E-state index contributed by atoms with van der Waals surface area (Å²) in [5, 5.41) is 13.1. The van der Waals surface area contributed by atoms with Gasteiger partial charge in [-0.1, -0.05) is 60.7 Å². The standard InChI is InChI=1S/C37H28F2N2O3/c1-23(25-6-8-29(9-7-25)37(43)44)40-36(42)34-21-31(28-12-16-33(39)17-13-28)20-30-18-19-41(35(30)34)22-24-2-4-26(5-3-24)27-10-14-32(38)15-11-27/h2-21,23H,22H2,1H3,(H,40,42)(H,43,44)/t23-/m0/s1. The number of aromatic carboxylic acids is 1. The molecule has 0 aliphatic rings. The molecule has 0 bridgehead atoms. The topological polar surface area (TPSA) is 71.3 Å². The zero-order valence-electron chi connectivity index (χ0n) is 23.8. The van der Waals surface area contributed by atoms with E-state index in [1.165, 1.54) is 36.4 Å². The summed E-state index contributed by atoms with van der Waals surface area (Å²) < 4.78 is 29.1. The molecule has 0 radical (unpaired) electrons. The molecular weight excluding hydrogens is 558 g/mol. The predicted octanol–water partition coefficient (Wildman–Crippen LogP) is 8.49. The minimum absolute atomic E-state index is 0.171. The van der Waals surface area contributed by atoms with E-state index in [9.17, 15) is 23.5 Å². The molecule has 0 spiro atoms. The van der Waals surface area contributed by atoms with Crippen LogP contribution in [0, 0.1) is 11.6 Å². The molecule has 0 aliphatic heterocycles. The number of carboxylic acids is 1. The van der Waals surface area contributed by atoms with Crippen molar-refractivity contribution in [2.45, 2.75) is 19.5 Å². The third-order valence-electron chi connectivity index (χ3n) is 7.77. The molecule has 6 rings (SSSR count). The van der Waals surface area contributed by atoms with Gasteiger partial charge in [0.1, 0.15) is 11.6 Å². The van der Waals surface area contributed by atoms with E-state index in [1.807, 2.05) is 60.2 Å². The monoisotopic (exact) mass is 586 g/mol. The van der Waals surface area contributed by atoms with E-state index in [0.717, 1.165) is 44.3 Å². The first kappa shape index (κ1) is 28.6. The van der Waals surface area contributed by atoms with Crippen molar-refractivity contribution < 1.29 is 23.5 Å². The van der Waals surface area contributed by atoms with Crippen molar-refractivity contribution >= 4 is 22.8 Å². The number of nitrogens with one attached hydrogen (secondary N) is 1. The number of aromatic nitrogens is 1. The number of hydrogen-bond acceptors (Lipinski definition) is 2. The Balaban J connectivity index is 1.34. The van der Waals surface area contributed by atoms with Crippen molar-refractivity contribution in [1.82, 2.24) is 9.88 Å². The summed E-state index contributed by atoms with van der Waals surface area (Å²) in [4.78, 5) is 25.1. The second-order valence-corrected chi connectivity index (χ2v) is 10.7. The predicted molar refractivity (Wildman–Crippen MR) is 168 cm³/mol.